The third-order valence-electron chi connectivity index (χ3n) is 2.10. The van der Waals surface area contributed by atoms with Gasteiger partial charge >= 0.3 is 5.97 Å². The van der Waals surface area contributed by atoms with Crippen molar-refractivity contribution >= 4 is 11.9 Å². The molecule has 0 aromatic rings. The van der Waals surface area contributed by atoms with Crippen molar-refractivity contribution in [2.24, 2.45) is 11.5 Å². The lowest BCUT2D eigenvalue weighted by Crippen LogP contribution is -2.49. The van der Waals surface area contributed by atoms with Crippen LogP contribution in [-0.4, -0.2) is 40.8 Å². The zero-order valence-corrected chi connectivity index (χ0v) is 8.49. The van der Waals surface area contributed by atoms with Crippen LogP contribution < -0.4 is 16.8 Å². The van der Waals surface area contributed by atoms with Gasteiger partial charge in [0.25, 0.3) is 0 Å². The Kier molecular flexibility index (Phi) is 5.65. The molecule has 0 aromatic heterocycles. The van der Waals surface area contributed by atoms with E-state index in [-0.39, 0.29) is 25.4 Å². The van der Waals surface area contributed by atoms with Crippen molar-refractivity contribution in [2.75, 3.05) is 13.2 Å². The maximum absolute atomic E-state index is 10.8. The van der Waals surface area contributed by atoms with Gasteiger partial charge in [0.05, 0.1) is 0 Å². The number of nitrogens with two attached hydrogens (primary N) is 2. The lowest BCUT2D eigenvalue weighted by Gasteiger charge is -2.23. The zero-order valence-electron chi connectivity index (χ0n) is 8.49. The SMILES string of the molecule is N=C(N)NCCCC(N)(CCO)C(=O)O. The number of hydrogen-bond acceptors (Lipinski definition) is 4. The first kappa shape index (κ1) is 13.7. The summed E-state index contributed by atoms with van der Waals surface area (Å²) in [5.41, 5.74) is 9.25. The van der Waals surface area contributed by atoms with Crippen LogP contribution in [0.4, 0.5) is 0 Å². The highest BCUT2D eigenvalue weighted by Gasteiger charge is 2.32. The van der Waals surface area contributed by atoms with E-state index in [1.165, 1.54) is 0 Å². The van der Waals surface area contributed by atoms with Crippen LogP contribution in [0.15, 0.2) is 0 Å². The number of guanidine groups is 1. The normalized spacial score (nSPS) is 14.3. The highest BCUT2D eigenvalue weighted by atomic mass is 16.4. The van der Waals surface area contributed by atoms with Crippen molar-refractivity contribution in [3.63, 3.8) is 0 Å². The molecule has 0 saturated heterocycles. The summed E-state index contributed by atoms with van der Waals surface area (Å²) in [7, 11) is 0. The first-order chi connectivity index (χ1) is 6.92. The van der Waals surface area contributed by atoms with E-state index in [0.717, 1.165) is 0 Å². The number of carboxylic acids is 1. The molecule has 7 heteroatoms. The van der Waals surface area contributed by atoms with Crippen molar-refractivity contribution in [1.29, 1.82) is 5.41 Å². The van der Waals surface area contributed by atoms with E-state index >= 15 is 0 Å². The zero-order chi connectivity index (χ0) is 11.9. The van der Waals surface area contributed by atoms with Gasteiger partial charge in [0.1, 0.15) is 5.54 Å². The molecule has 15 heavy (non-hydrogen) atoms. The topological polar surface area (TPSA) is 145 Å². The van der Waals surface area contributed by atoms with Crippen molar-refractivity contribution < 1.29 is 15.0 Å². The molecule has 0 spiro atoms. The molecular formula is C8H18N4O3. The summed E-state index contributed by atoms with van der Waals surface area (Å²) in [6, 6.07) is 0. The molecule has 0 aliphatic carbocycles. The first-order valence-electron chi connectivity index (χ1n) is 4.63. The predicted molar refractivity (Wildman–Crippen MR) is 55.4 cm³/mol. The second-order valence-corrected chi connectivity index (χ2v) is 3.38. The minimum atomic E-state index is -1.40. The van der Waals surface area contributed by atoms with Gasteiger partial charge in [0.2, 0.25) is 0 Å². The molecule has 0 saturated carbocycles. The fourth-order valence-electron chi connectivity index (χ4n) is 1.17. The molecule has 0 aliphatic heterocycles. The molecule has 0 amide bonds. The minimum Gasteiger partial charge on any atom is -0.480 e. The lowest BCUT2D eigenvalue weighted by molar-refractivity contribution is -0.144. The Bertz CT molecular complexity index is 234. The monoisotopic (exact) mass is 218 g/mol. The average Bonchev–Trinajstić information content (AvgIpc) is 2.12. The Morgan fingerprint density at radius 1 is 1.47 bits per heavy atom. The summed E-state index contributed by atoms with van der Waals surface area (Å²) in [6.45, 7) is 0.135. The number of hydrogen-bond donors (Lipinski definition) is 6. The average molecular weight is 218 g/mol. The van der Waals surface area contributed by atoms with Gasteiger partial charge in [-0.2, -0.15) is 0 Å². The summed E-state index contributed by atoms with van der Waals surface area (Å²) in [5, 5.41) is 27.0. The Balaban J connectivity index is 3.97. The van der Waals surface area contributed by atoms with E-state index in [2.05, 4.69) is 5.32 Å². The number of rotatable bonds is 7. The smallest absolute Gasteiger partial charge is 0.323 e. The number of aliphatic hydroxyl groups excluding tert-OH is 1. The van der Waals surface area contributed by atoms with Gasteiger partial charge in [-0.3, -0.25) is 10.2 Å². The number of aliphatic carboxylic acids is 1. The van der Waals surface area contributed by atoms with Crippen LogP contribution in [0.25, 0.3) is 0 Å². The number of aliphatic hydroxyl groups is 1. The van der Waals surface area contributed by atoms with Crippen molar-refractivity contribution in [1.82, 2.24) is 5.32 Å². The lowest BCUT2D eigenvalue weighted by atomic mass is 9.91. The predicted octanol–water partition coefficient (Wildman–Crippen LogP) is -1.59. The third kappa shape index (κ3) is 5.18. The second-order valence-electron chi connectivity index (χ2n) is 3.38. The fraction of sp³-hybridized carbons (Fsp3) is 0.750. The van der Waals surface area contributed by atoms with Gasteiger partial charge in [-0.05, 0) is 19.3 Å². The quantitative estimate of drug-likeness (QED) is 0.173. The van der Waals surface area contributed by atoms with Gasteiger partial charge in [0.15, 0.2) is 5.96 Å². The summed E-state index contributed by atoms with van der Waals surface area (Å²) in [5.74, 6) is -1.28. The molecule has 1 unspecified atom stereocenters. The molecule has 0 radical (unpaired) electrons. The van der Waals surface area contributed by atoms with E-state index < -0.39 is 11.5 Å². The Morgan fingerprint density at radius 2 is 2.07 bits per heavy atom. The van der Waals surface area contributed by atoms with E-state index in [1.807, 2.05) is 0 Å². The van der Waals surface area contributed by atoms with Crippen molar-refractivity contribution in [3.8, 4) is 0 Å². The molecule has 8 N–H and O–H groups in total. The maximum atomic E-state index is 10.8. The van der Waals surface area contributed by atoms with E-state index in [1.54, 1.807) is 0 Å². The van der Waals surface area contributed by atoms with E-state index in [0.29, 0.717) is 13.0 Å². The highest BCUT2D eigenvalue weighted by Crippen LogP contribution is 2.13. The molecule has 88 valence electrons. The molecule has 0 heterocycles. The Hall–Kier alpha value is -1.34. The largest absolute Gasteiger partial charge is 0.480 e. The summed E-state index contributed by atoms with van der Waals surface area (Å²) in [4.78, 5) is 10.8. The van der Waals surface area contributed by atoms with Crippen LogP contribution in [0.3, 0.4) is 0 Å². The molecule has 0 aromatic carbocycles. The number of nitrogens with one attached hydrogen (secondary N) is 2. The summed E-state index contributed by atoms with van der Waals surface area (Å²) >= 11 is 0. The van der Waals surface area contributed by atoms with Crippen LogP contribution in [-0.2, 0) is 4.79 Å². The van der Waals surface area contributed by atoms with Gasteiger partial charge in [0, 0.05) is 13.2 Å². The van der Waals surface area contributed by atoms with Crippen molar-refractivity contribution in [3.05, 3.63) is 0 Å². The van der Waals surface area contributed by atoms with Crippen LogP contribution in [0.1, 0.15) is 19.3 Å². The van der Waals surface area contributed by atoms with E-state index in [4.69, 9.17) is 27.1 Å². The summed E-state index contributed by atoms with van der Waals surface area (Å²) in [6.07, 6.45) is 0.716. The fourth-order valence-corrected chi connectivity index (χ4v) is 1.17. The molecule has 7 nitrogen and oxygen atoms in total. The first-order valence-corrected chi connectivity index (χ1v) is 4.63. The van der Waals surface area contributed by atoms with Crippen molar-refractivity contribution in [2.45, 2.75) is 24.8 Å². The van der Waals surface area contributed by atoms with Crippen LogP contribution >= 0.6 is 0 Å². The molecule has 1 atom stereocenters. The maximum Gasteiger partial charge on any atom is 0.323 e. The third-order valence-corrected chi connectivity index (χ3v) is 2.10. The molecule has 0 bridgehead atoms. The molecule has 0 fully saturated rings. The number of carboxylic acid groups (broad SMARTS) is 1. The van der Waals surface area contributed by atoms with Gasteiger partial charge in [-0.15, -0.1) is 0 Å². The van der Waals surface area contributed by atoms with Gasteiger partial charge < -0.3 is 27.0 Å². The minimum absolute atomic E-state index is 0.0163. The van der Waals surface area contributed by atoms with Gasteiger partial charge in [-0.25, -0.2) is 0 Å². The molecule has 0 rings (SSSR count). The van der Waals surface area contributed by atoms with Crippen LogP contribution in [0, 0.1) is 5.41 Å². The molecular weight excluding hydrogens is 200 g/mol. The van der Waals surface area contributed by atoms with Gasteiger partial charge in [-0.1, -0.05) is 0 Å². The standard InChI is InChI=1S/C8H18N4O3/c9-7(10)12-4-1-2-8(11,3-5-13)6(14)15/h13H,1-5,11H2,(H,14,15)(H4,9,10,12). The Labute approximate surface area is 88.0 Å². The molecule has 0 aliphatic rings. The van der Waals surface area contributed by atoms with Crippen LogP contribution in [0.5, 0.6) is 0 Å². The number of carbonyl (C=O) groups is 1. The van der Waals surface area contributed by atoms with E-state index in [9.17, 15) is 4.79 Å². The van der Waals surface area contributed by atoms with Crippen LogP contribution in [0.2, 0.25) is 0 Å². The summed E-state index contributed by atoms with van der Waals surface area (Å²) < 4.78 is 0. The highest BCUT2D eigenvalue weighted by molar-refractivity contribution is 5.78. The Morgan fingerprint density at radius 3 is 2.47 bits per heavy atom. The second kappa shape index (κ2) is 6.20.